The molecule has 1 fully saturated rings. The van der Waals surface area contributed by atoms with Gasteiger partial charge in [0.15, 0.2) is 5.65 Å². The van der Waals surface area contributed by atoms with Gasteiger partial charge in [-0.25, -0.2) is 24.0 Å². The molecule has 116 valence electrons. The van der Waals surface area contributed by atoms with E-state index in [9.17, 15) is 8.78 Å². The van der Waals surface area contributed by atoms with Gasteiger partial charge in [-0.05, 0) is 19.0 Å². The minimum atomic E-state index is -2.81. The lowest BCUT2D eigenvalue weighted by molar-refractivity contribution is -0.105. The van der Waals surface area contributed by atoms with Gasteiger partial charge >= 0.3 is 0 Å². The first kappa shape index (κ1) is 13.6. The maximum atomic E-state index is 14.6. The molecule has 0 spiro atoms. The molecule has 3 aromatic rings. The third-order valence-electron chi connectivity index (χ3n) is 4.40. The summed E-state index contributed by atoms with van der Waals surface area (Å²) < 4.78 is 30.7. The number of hydrogen-bond acceptors (Lipinski definition) is 4. The second-order valence-electron chi connectivity index (χ2n) is 5.69. The zero-order valence-corrected chi connectivity index (χ0v) is 12.1. The monoisotopic (exact) mass is 306 g/mol. The number of halogens is 2. The maximum absolute atomic E-state index is 14.6. The van der Waals surface area contributed by atoms with E-state index < -0.39 is 12.0 Å². The van der Waals surface area contributed by atoms with E-state index in [4.69, 9.17) is 0 Å². The van der Waals surface area contributed by atoms with E-state index in [1.165, 1.54) is 4.68 Å². The SMILES string of the molecule is CCN1CCC(n2[nH]nc3cnc4nccc4c32)C(F)(F)C1. The lowest BCUT2D eigenvalue weighted by Gasteiger charge is -2.38. The Labute approximate surface area is 125 Å². The summed E-state index contributed by atoms with van der Waals surface area (Å²) in [6.07, 6.45) is 3.57. The van der Waals surface area contributed by atoms with Gasteiger partial charge in [0.2, 0.25) is 0 Å². The van der Waals surface area contributed by atoms with E-state index in [0.29, 0.717) is 36.2 Å². The lowest BCUT2D eigenvalue weighted by Crippen LogP contribution is -2.49. The summed E-state index contributed by atoms with van der Waals surface area (Å²) in [7, 11) is 0. The van der Waals surface area contributed by atoms with Crippen LogP contribution in [0.5, 0.6) is 0 Å². The lowest BCUT2D eigenvalue weighted by atomic mass is 10.0. The Balaban J connectivity index is 1.85. The molecular weight excluding hydrogens is 290 g/mol. The number of nitrogens with one attached hydrogen (secondary N) is 1. The van der Waals surface area contributed by atoms with Crippen LogP contribution in [-0.2, 0) is 0 Å². The minimum absolute atomic E-state index is 0.227. The van der Waals surface area contributed by atoms with Crippen LogP contribution in [-0.4, -0.2) is 55.4 Å². The summed E-state index contributed by atoms with van der Waals surface area (Å²) in [4.78, 5) is 10.1. The molecule has 0 saturated carbocycles. The van der Waals surface area contributed by atoms with Crippen molar-refractivity contribution in [3.63, 3.8) is 0 Å². The fourth-order valence-electron chi connectivity index (χ4n) is 3.24. The molecule has 0 bridgehead atoms. The minimum Gasteiger partial charge on any atom is -0.298 e. The van der Waals surface area contributed by atoms with Gasteiger partial charge in [-0.1, -0.05) is 6.92 Å². The highest BCUT2D eigenvalue weighted by atomic mass is 19.3. The fourth-order valence-corrected chi connectivity index (χ4v) is 3.24. The van der Waals surface area contributed by atoms with Gasteiger partial charge in [0.1, 0.15) is 11.6 Å². The zero-order chi connectivity index (χ0) is 15.3. The Morgan fingerprint density at radius 1 is 1.41 bits per heavy atom. The van der Waals surface area contributed by atoms with E-state index >= 15 is 0 Å². The Kier molecular flexibility index (Phi) is 2.90. The van der Waals surface area contributed by atoms with Gasteiger partial charge in [0, 0.05) is 18.1 Å². The maximum Gasteiger partial charge on any atom is 0.282 e. The molecule has 1 saturated heterocycles. The van der Waals surface area contributed by atoms with Crippen LogP contribution in [0.2, 0.25) is 0 Å². The third kappa shape index (κ3) is 1.90. The van der Waals surface area contributed by atoms with Crippen LogP contribution in [0.3, 0.4) is 0 Å². The van der Waals surface area contributed by atoms with Crippen LogP contribution in [0.25, 0.3) is 22.1 Å². The van der Waals surface area contributed by atoms with Gasteiger partial charge in [-0.2, -0.15) is 5.10 Å². The number of likely N-dealkylation sites (tertiary alicyclic amines) is 1. The number of pyridine rings is 1. The molecule has 1 aliphatic heterocycles. The largest absolute Gasteiger partial charge is 0.298 e. The Morgan fingerprint density at radius 3 is 3.05 bits per heavy atom. The molecular formula is C14H16F2N6. The molecule has 4 heterocycles. The van der Waals surface area contributed by atoms with E-state index in [2.05, 4.69) is 20.3 Å². The van der Waals surface area contributed by atoms with Crippen LogP contribution < -0.4 is 0 Å². The molecule has 1 N–H and O–H groups in total. The number of hydrogen-bond donors (Lipinski definition) is 1. The summed E-state index contributed by atoms with van der Waals surface area (Å²) >= 11 is 0. The molecule has 22 heavy (non-hydrogen) atoms. The third-order valence-corrected chi connectivity index (χ3v) is 4.40. The molecule has 0 aromatic carbocycles. The summed E-state index contributed by atoms with van der Waals surface area (Å²) in [5.41, 5.74) is 1.78. The second kappa shape index (κ2) is 4.70. The topological polar surface area (TPSA) is 62.6 Å². The Morgan fingerprint density at radius 2 is 2.27 bits per heavy atom. The number of aromatic nitrogens is 5. The van der Waals surface area contributed by atoms with Crippen LogP contribution in [0, 0.1) is 0 Å². The van der Waals surface area contributed by atoms with Crippen molar-refractivity contribution in [2.24, 2.45) is 0 Å². The van der Waals surface area contributed by atoms with E-state index in [-0.39, 0.29) is 6.54 Å². The van der Waals surface area contributed by atoms with Gasteiger partial charge in [-0.15, -0.1) is 0 Å². The highest BCUT2D eigenvalue weighted by Gasteiger charge is 2.46. The standard InChI is InChI=1S/C14H16F2N6/c1-2-21-6-4-11(14(15,16)8-21)22-12-9-3-5-17-13(9)18-7-10(12)19-20-22/h3,5,7,11,20H,2,4,6,8H2,1H3. The average Bonchev–Trinajstić information content (AvgIpc) is 3.11. The molecule has 3 aromatic heterocycles. The molecule has 0 aliphatic carbocycles. The van der Waals surface area contributed by atoms with Crippen LogP contribution >= 0.6 is 0 Å². The number of rotatable bonds is 2. The predicted octanol–water partition coefficient (Wildman–Crippen LogP) is 2.21. The number of aromatic amines is 1. The second-order valence-corrected chi connectivity index (χ2v) is 5.69. The number of H-pyrrole nitrogens is 1. The van der Waals surface area contributed by atoms with Crippen LogP contribution in [0.4, 0.5) is 8.78 Å². The number of fused-ring (bicyclic) bond motifs is 3. The van der Waals surface area contributed by atoms with Crippen molar-refractivity contribution in [3.8, 4) is 0 Å². The molecule has 1 atom stereocenters. The van der Waals surface area contributed by atoms with Crippen LogP contribution in [0.15, 0.2) is 18.5 Å². The van der Waals surface area contributed by atoms with E-state index in [1.807, 2.05) is 6.92 Å². The summed E-state index contributed by atoms with van der Waals surface area (Å²) in [5.74, 6) is -2.81. The Hall–Kier alpha value is -2.09. The van der Waals surface area contributed by atoms with Crippen molar-refractivity contribution in [2.45, 2.75) is 25.3 Å². The first-order valence-electron chi connectivity index (χ1n) is 7.36. The van der Waals surface area contributed by atoms with Crippen molar-refractivity contribution < 1.29 is 8.78 Å². The van der Waals surface area contributed by atoms with Crippen molar-refractivity contribution in [1.82, 2.24) is 29.9 Å². The molecule has 0 amide bonds. The van der Waals surface area contributed by atoms with Crippen LogP contribution in [0.1, 0.15) is 19.4 Å². The van der Waals surface area contributed by atoms with Crippen molar-refractivity contribution >= 4 is 22.1 Å². The van der Waals surface area contributed by atoms with Gasteiger partial charge < -0.3 is 0 Å². The van der Waals surface area contributed by atoms with Gasteiger partial charge in [0.25, 0.3) is 5.92 Å². The van der Waals surface area contributed by atoms with Crippen molar-refractivity contribution in [1.29, 1.82) is 0 Å². The van der Waals surface area contributed by atoms with E-state index in [1.54, 1.807) is 23.4 Å². The molecule has 1 unspecified atom stereocenters. The average molecular weight is 306 g/mol. The van der Waals surface area contributed by atoms with E-state index in [0.717, 1.165) is 5.39 Å². The van der Waals surface area contributed by atoms with Gasteiger partial charge in [0.05, 0.1) is 18.3 Å². The molecule has 0 radical (unpaired) electrons. The summed E-state index contributed by atoms with van der Waals surface area (Å²) in [6.45, 7) is 2.96. The molecule has 4 rings (SSSR count). The quantitative estimate of drug-likeness (QED) is 0.788. The Bertz CT molecular complexity index is 823. The normalized spacial score (nSPS) is 22.6. The number of nitrogens with zero attached hydrogens (tertiary/aromatic N) is 5. The predicted molar refractivity (Wildman–Crippen MR) is 77.9 cm³/mol. The number of alkyl halides is 2. The summed E-state index contributed by atoms with van der Waals surface area (Å²) in [6, 6.07) is 0.858. The molecule has 8 heteroatoms. The van der Waals surface area contributed by atoms with Gasteiger partial charge in [-0.3, -0.25) is 9.58 Å². The zero-order valence-electron chi connectivity index (χ0n) is 12.1. The smallest absolute Gasteiger partial charge is 0.282 e. The fraction of sp³-hybridized carbons (Fsp3) is 0.500. The first-order chi connectivity index (χ1) is 10.6. The van der Waals surface area contributed by atoms with Crippen molar-refractivity contribution in [2.75, 3.05) is 19.6 Å². The van der Waals surface area contributed by atoms with Crippen molar-refractivity contribution in [3.05, 3.63) is 18.5 Å². The highest BCUT2D eigenvalue weighted by molar-refractivity contribution is 6.00. The molecule has 1 aliphatic rings. The molecule has 6 nitrogen and oxygen atoms in total. The number of piperidine rings is 1. The first-order valence-corrected chi connectivity index (χ1v) is 7.36. The highest BCUT2D eigenvalue weighted by Crippen LogP contribution is 2.38. The summed E-state index contributed by atoms with van der Waals surface area (Å²) in [5, 5.41) is 7.63.